The monoisotopic (exact) mass is 351 g/mol. The molecule has 0 spiro atoms. The summed E-state index contributed by atoms with van der Waals surface area (Å²) in [5.41, 5.74) is 2.56. The van der Waals surface area contributed by atoms with Crippen LogP contribution < -0.4 is 20.7 Å². The topological polar surface area (TPSA) is 79.5 Å². The van der Waals surface area contributed by atoms with Crippen LogP contribution in [0.1, 0.15) is 29.7 Å². The van der Waals surface area contributed by atoms with E-state index in [9.17, 15) is 9.59 Å². The van der Waals surface area contributed by atoms with Crippen molar-refractivity contribution in [2.45, 2.75) is 32.5 Å². The minimum atomic E-state index is -1.12. The lowest BCUT2D eigenvalue weighted by Gasteiger charge is -2.49. The molecule has 26 heavy (non-hydrogen) atoms. The highest BCUT2D eigenvalue weighted by molar-refractivity contribution is 5.96. The molecule has 2 aromatic carbocycles. The lowest BCUT2D eigenvalue weighted by Crippen LogP contribution is -2.70. The molecule has 3 amide bonds. The zero-order valence-electron chi connectivity index (χ0n) is 14.9. The van der Waals surface area contributed by atoms with E-state index < -0.39 is 17.7 Å². The number of hydrogen-bond acceptors (Lipinski definition) is 3. The summed E-state index contributed by atoms with van der Waals surface area (Å²) in [5, 5.41) is 8.65. The Labute approximate surface area is 151 Å². The number of urea groups is 1. The third-order valence-corrected chi connectivity index (χ3v) is 5.07. The van der Waals surface area contributed by atoms with Crippen molar-refractivity contribution in [1.82, 2.24) is 10.6 Å². The summed E-state index contributed by atoms with van der Waals surface area (Å²) in [6.07, 6.45) is 0. The van der Waals surface area contributed by atoms with Crippen molar-refractivity contribution in [2.24, 2.45) is 5.92 Å². The molecule has 2 aliphatic rings. The first-order chi connectivity index (χ1) is 12.4. The number of carbonyl (C=O) groups excluding carboxylic acids is 2. The summed E-state index contributed by atoms with van der Waals surface area (Å²) in [5.74, 6) is -0.148. The zero-order valence-corrected chi connectivity index (χ0v) is 14.9. The molecule has 0 aliphatic carbocycles. The second-order valence-corrected chi connectivity index (χ2v) is 7.11. The predicted octanol–water partition coefficient (Wildman–Crippen LogP) is 3.02. The van der Waals surface area contributed by atoms with Gasteiger partial charge in [0.2, 0.25) is 5.91 Å². The van der Waals surface area contributed by atoms with E-state index in [0.29, 0.717) is 5.75 Å². The molecule has 2 bridgehead atoms. The van der Waals surface area contributed by atoms with Crippen LogP contribution in [0.3, 0.4) is 0 Å². The van der Waals surface area contributed by atoms with Gasteiger partial charge in [-0.2, -0.15) is 0 Å². The molecule has 134 valence electrons. The average Bonchev–Trinajstić information content (AvgIpc) is 2.56. The lowest BCUT2D eigenvalue weighted by atomic mass is 9.80. The first kappa shape index (κ1) is 16.4. The number of amides is 3. The minimum absolute atomic E-state index is 0.202. The van der Waals surface area contributed by atoms with Crippen molar-refractivity contribution in [3.8, 4) is 5.75 Å². The number of ether oxygens (including phenoxy) is 1. The van der Waals surface area contributed by atoms with E-state index in [1.54, 1.807) is 6.92 Å². The summed E-state index contributed by atoms with van der Waals surface area (Å²) in [7, 11) is 0. The number of fused-ring (bicyclic) bond motifs is 4. The van der Waals surface area contributed by atoms with Crippen molar-refractivity contribution in [3.63, 3.8) is 0 Å². The summed E-state index contributed by atoms with van der Waals surface area (Å²) >= 11 is 0. The van der Waals surface area contributed by atoms with Gasteiger partial charge in [0.25, 0.3) is 0 Å². The van der Waals surface area contributed by atoms with Gasteiger partial charge in [-0.05, 0) is 38.5 Å². The zero-order chi connectivity index (χ0) is 18.5. The SMILES string of the molecule is Cc1ccc(NC(=O)[C@@H]2[C@@H]3NC(=O)N[C@@]2(C)Oc2ccccc23)c(C)c1. The molecule has 0 unspecified atom stereocenters. The van der Waals surface area contributed by atoms with E-state index in [0.717, 1.165) is 22.4 Å². The molecule has 3 N–H and O–H groups in total. The van der Waals surface area contributed by atoms with Crippen LogP contribution in [0.25, 0.3) is 0 Å². The first-order valence-corrected chi connectivity index (χ1v) is 8.62. The fraction of sp³-hybridized carbons (Fsp3) is 0.300. The summed E-state index contributed by atoms with van der Waals surface area (Å²) in [6.45, 7) is 5.70. The van der Waals surface area contributed by atoms with Crippen molar-refractivity contribution >= 4 is 17.6 Å². The Kier molecular flexibility index (Phi) is 3.64. The number of carbonyl (C=O) groups is 2. The fourth-order valence-electron chi connectivity index (χ4n) is 3.85. The molecule has 2 heterocycles. The smallest absolute Gasteiger partial charge is 0.318 e. The van der Waals surface area contributed by atoms with Crippen LogP contribution >= 0.6 is 0 Å². The van der Waals surface area contributed by atoms with E-state index in [1.165, 1.54) is 0 Å². The van der Waals surface area contributed by atoms with E-state index in [1.807, 2.05) is 56.3 Å². The van der Waals surface area contributed by atoms with Gasteiger partial charge in [0.05, 0.1) is 6.04 Å². The third kappa shape index (κ3) is 2.58. The summed E-state index contributed by atoms with van der Waals surface area (Å²) in [6, 6.07) is 12.5. The third-order valence-electron chi connectivity index (χ3n) is 5.07. The van der Waals surface area contributed by atoms with Crippen LogP contribution in [0.5, 0.6) is 5.75 Å². The van der Waals surface area contributed by atoms with Crippen LogP contribution in [0, 0.1) is 19.8 Å². The number of hydrogen-bond donors (Lipinski definition) is 3. The Balaban J connectivity index is 1.71. The number of para-hydroxylation sites is 1. The predicted molar refractivity (Wildman–Crippen MR) is 97.9 cm³/mol. The summed E-state index contributed by atoms with van der Waals surface area (Å²) < 4.78 is 6.05. The number of anilines is 1. The van der Waals surface area contributed by atoms with E-state index >= 15 is 0 Å². The Morgan fingerprint density at radius 2 is 1.96 bits per heavy atom. The standard InChI is InChI=1S/C20H21N3O3/c1-11-8-9-14(12(2)10-11)21-18(24)16-17-13-6-4-5-7-15(13)26-20(16,3)23-19(25)22-17/h4-10,16-17H,1-3H3,(H,21,24)(H2,22,23,25)/t16-,17+,20-/m0/s1. The van der Waals surface area contributed by atoms with Gasteiger partial charge in [-0.15, -0.1) is 0 Å². The molecule has 6 heteroatoms. The molecule has 2 aromatic rings. The molecule has 6 nitrogen and oxygen atoms in total. The number of aryl methyl sites for hydroxylation is 2. The Morgan fingerprint density at radius 1 is 1.19 bits per heavy atom. The van der Waals surface area contributed by atoms with E-state index in [4.69, 9.17) is 4.74 Å². The van der Waals surface area contributed by atoms with Crippen molar-refractivity contribution in [2.75, 3.05) is 5.32 Å². The van der Waals surface area contributed by atoms with Crippen molar-refractivity contribution in [1.29, 1.82) is 0 Å². The van der Waals surface area contributed by atoms with Crippen molar-refractivity contribution in [3.05, 3.63) is 59.2 Å². The molecule has 2 aliphatic heterocycles. The highest BCUT2D eigenvalue weighted by Crippen LogP contribution is 2.45. The van der Waals surface area contributed by atoms with Crippen LogP contribution in [0.2, 0.25) is 0 Å². The maximum absolute atomic E-state index is 13.2. The van der Waals surface area contributed by atoms with Gasteiger partial charge in [-0.25, -0.2) is 4.79 Å². The lowest BCUT2D eigenvalue weighted by molar-refractivity contribution is -0.133. The quantitative estimate of drug-likeness (QED) is 0.778. The second-order valence-electron chi connectivity index (χ2n) is 7.11. The highest BCUT2D eigenvalue weighted by Gasteiger charge is 2.55. The van der Waals surface area contributed by atoms with Gasteiger partial charge in [-0.1, -0.05) is 35.9 Å². The Morgan fingerprint density at radius 3 is 2.73 bits per heavy atom. The van der Waals surface area contributed by atoms with Gasteiger partial charge in [0.15, 0.2) is 5.72 Å². The van der Waals surface area contributed by atoms with Gasteiger partial charge in [-0.3, -0.25) is 10.1 Å². The molecule has 0 aromatic heterocycles. The molecule has 0 radical (unpaired) electrons. The number of nitrogens with one attached hydrogen (secondary N) is 3. The summed E-state index contributed by atoms with van der Waals surface area (Å²) in [4.78, 5) is 25.2. The maximum Gasteiger partial charge on any atom is 0.318 e. The van der Waals surface area contributed by atoms with Gasteiger partial charge in [0, 0.05) is 11.3 Å². The van der Waals surface area contributed by atoms with Crippen molar-refractivity contribution < 1.29 is 14.3 Å². The van der Waals surface area contributed by atoms with Crippen LogP contribution in [-0.4, -0.2) is 17.7 Å². The second kappa shape index (κ2) is 5.76. The molecule has 0 saturated carbocycles. The molecular weight excluding hydrogens is 330 g/mol. The Hall–Kier alpha value is -3.02. The van der Waals surface area contributed by atoms with Gasteiger partial charge < -0.3 is 15.4 Å². The fourth-order valence-corrected chi connectivity index (χ4v) is 3.85. The molecular formula is C20H21N3O3. The molecule has 4 rings (SSSR count). The van der Waals surface area contributed by atoms with Crippen LogP contribution in [0.4, 0.5) is 10.5 Å². The maximum atomic E-state index is 13.2. The largest absolute Gasteiger partial charge is 0.467 e. The van der Waals surface area contributed by atoms with Gasteiger partial charge >= 0.3 is 6.03 Å². The van der Waals surface area contributed by atoms with Crippen LogP contribution in [-0.2, 0) is 4.79 Å². The highest BCUT2D eigenvalue weighted by atomic mass is 16.5. The Bertz CT molecular complexity index is 911. The van der Waals surface area contributed by atoms with Gasteiger partial charge in [0.1, 0.15) is 11.7 Å². The molecule has 1 saturated heterocycles. The number of benzene rings is 2. The first-order valence-electron chi connectivity index (χ1n) is 8.62. The molecule has 3 atom stereocenters. The molecule has 1 fully saturated rings. The van der Waals surface area contributed by atoms with E-state index in [2.05, 4.69) is 16.0 Å². The minimum Gasteiger partial charge on any atom is -0.467 e. The van der Waals surface area contributed by atoms with E-state index in [-0.39, 0.29) is 11.9 Å². The number of rotatable bonds is 2. The van der Waals surface area contributed by atoms with Crippen LogP contribution in [0.15, 0.2) is 42.5 Å². The normalized spacial score (nSPS) is 26.0. The average molecular weight is 351 g/mol.